The lowest BCUT2D eigenvalue weighted by atomic mass is 10.2. The van der Waals surface area contributed by atoms with Gasteiger partial charge in [0.25, 0.3) is 5.91 Å². The smallest absolute Gasteiger partial charge is 0.408 e. The third-order valence-corrected chi connectivity index (χ3v) is 2.51. The van der Waals surface area contributed by atoms with Crippen molar-refractivity contribution in [3.05, 3.63) is 35.9 Å². The maximum Gasteiger partial charge on any atom is 0.408 e. The van der Waals surface area contributed by atoms with Crippen molar-refractivity contribution in [3.63, 3.8) is 0 Å². The van der Waals surface area contributed by atoms with E-state index in [-0.39, 0.29) is 11.7 Å². The Balaban J connectivity index is 2.74. The van der Waals surface area contributed by atoms with Crippen molar-refractivity contribution in [2.24, 2.45) is 0 Å². The Bertz CT molecular complexity index is 508. The maximum atomic E-state index is 12.5. The minimum Gasteiger partial charge on any atom is -0.465 e. The summed E-state index contributed by atoms with van der Waals surface area (Å²) in [5.41, 5.74) is 0.571. The van der Waals surface area contributed by atoms with Crippen molar-refractivity contribution < 1.29 is 32.7 Å². The first kappa shape index (κ1) is 17.8. The van der Waals surface area contributed by atoms with Gasteiger partial charge >= 0.3 is 12.3 Å². The Morgan fingerprint density at radius 1 is 1.32 bits per heavy atom. The van der Waals surface area contributed by atoms with Crippen molar-refractivity contribution in [1.82, 2.24) is 10.4 Å². The Kier molecular flexibility index (Phi) is 6.17. The molecule has 0 spiro atoms. The summed E-state index contributed by atoms with van der Waals surface area (Å²) in [7, 11) is 0. The van der Waals surface area contributed by atoms with E-state index in [1.54, 1.807) is 35.6 Å². The molecule has 0 aliphatic rings. The molecule has 0 radical (unpaired) electrons. The van der Waals surface area contributed by atoms with Crippen molar-refractivity contribution in [3.8, 4) is 0 Å². The van der Waals surface area contributed by atoms with E-state index in [1.165, 1.54) is 0 Å². The number of hydroxylamine groups is 2. The third kappa shape index (κ3) is 6.44. The van der Waals surface area contributed by atoms with Gasteiger partial charge in [-0.25, -0.2) is 9.86 Å². The summed E-state index contributed by atoms with van der Waals surface area (Å²) in [5.74, 6) is -1.13. The van der Waals surface area contributed by atoms with E-state index < -0.39 is 30.8 Å². The summed E-state index contributed by atoms with van der Waals surface area (Å²) in [4.78, 5) is 27.2. The molecule has 0 aromatic heterocycles. The normalized spacial score (nSPS) is 12.5. The molecule has 1 aromatic carbocycles. The summed E-state index contributed by atoms with van der Waals surface area (Å²) in [6.45, 7) is -0.752. The molecule has 0 bridgehead atoms. The molecule has 0 saturated heterocycles. The molecule has 22 heavy (non-hydrogen) atoms. The highest BCUT2D eigenvalue weighted by atomic mass is 19.4. The minimum atomic E-state index is -4.67. The van der Waals surface area contributed by atoms with Gasteiger partial charge in [-0.05, 0) is 12.5 Å². The zero-order valence-corrected chi connectivity index (χ0v) is 11.6. The first-order chi connectivity index (χ1) is 10.2. The van der Waals surface area contributed by atoms with Crippen molar-refractivity contribution in [1.29, 1.82) is 0 Å². The lowest BCUT2D eigenvalue weighted by Crippen LogP contribution is -2.49. The Labute approximate surface area is 124 Å². The zero-order valence-electron chi connectivity index (χ0n) is 11.6. The number of carbonyl (C=O) groups is 2. The van der Waals surface area contributed by atoms with Gasteiger partial charge in [0, 0.05) is 0 Å². The van der Waals surface area contributed by atoms with E-state index in [4.69, 9.17) is 9.94 Å². The molecule has 2 amide bonds. The fraction of sp³-hybridized carbons (Fsp3) is 0.385. The first-order valence-corrected chi connectivity index (χ1v) is 6.23. The van der Waals surface area contributed by atoms with Crippen LogP contribution in [0.15, 0.2) is 30.3 Å². The molecule has 1 rings (SSSR count). The van der Waals surface area contributed by atoms with Gasteiger partial charge in [0.1, 0.15) is 19.2 Å². The molecular formula is C13H15F3N2O4. The Morgan fingerprint density at radius 2 is 1.91 bits per heavy atom. The second-order valence-electron chi connectivity index (χ2n) is 4.42. The van der Waals surface area contributed by atoms with Crippen LogP contribution in [0.5, 0.6) is 0 Å². The van der Waals surface area contributed by atoms with E-state index in [0.717, 1.165) is 6.92 Å². The van der Waals surface area contributed by atoms with Gasteiger partial charge in [-0.3, -0.25) is 9.63 Å². The number of nitrogens with zero attached hydrogens (tertiary/aromatic N) is 1. The van der Waals surface area contributed by atoms with Gasteiger partial charge in [-0.2, -0.15) is 13.2 Å². The monoisotopic (exact) mass is 320 g/mol. The van der Waals surface area contributed by atoms with E-state index in [1.807, 2.05) is 0 Å². The van der Waals surface area contributed by atoms with Crippen LogP contribution in [0.4, 0.5) is 18.0 Å². The largest absolute Gasteiger partial charge is 0.465 e. The van der Waals surface area contributed by atoms with E-state index >= 15 is 0 Å². The number of amides is 2. The van der Waals surface area contributed by atoms with Crippen molar-refractivity contribution >= 4 is 12.0 Å². The molecule has 6 nitrogen and oxygen atoms in total. The quantitative estimate of drug-likeness (QED) is 0.787. The number of benzene rings is 1. The highest BCUT2D eigenvalue weighted by Gasteiger charge is 2.35. The van der Waals surface area contributed by atoms with Crippen LogP contribution in [-0.2, 0) is 16.2 Å². The number of nitrogens with one attached hydrogen (secondary N) is 1. The Hall–Kier alpha value is -2.29. The minimum absolute atomic E-state index is 0.119. The summed E-state index contributed by atoms with van der Waals surface area (Å²) >= 11 is 0. The fourth-order valence-corrected chi connectivity index (χ4v) is 1.54. The van der Waals surface area contributed by atoms with Crippen LogP contribution >= 0.6 is 0 Å². The lowest BCUT2D eigenvalue weighted by molar-refractivity contribution is -0.238. The van der Waals surface area contributed by atoms with Crippen LogP contribution in [0, 0.1) is 0 Å². The van der Waals surface area contributed by atoms with Crippen molar-refractivity contribution in [2.75, 3.05) is 6.54 Å². The van der Waals surface area contributed by atoms with Gasteiger partial charge in [-0.1, -0.05) is 30.3 Å². The van der Waals surface area contributed by atoms with Gasteiger partial charge in [0.2, 0.25) is 0 Å². The standard InChI is InChI=1S/C13H15F3N2O4/c1-9(17-12(20)21)11(19)18(8-13(14,15)16)22-7-10-5-3-2-4-6-10/h2-6,9,17H,7-8H2,1H3,(H,20,21)/t9-/m1/s1. The van der Waals surface area contributed by atoms with Gasteiger partial charge in [-0.15, -0.1) is 0 Å². The zero-order chi connectivity index (χ0) is 16.8. The number of hydrogen-bond acceptors (Lipinski definition) is 3. The molecule has 1 aromatic rings. The summed E-state index contributed by atoms with van der Waals surface area (Å²) in [6.07, 6.45) is -6.19. The summed E-state index contributed by atoms with van der Waals surface area (Å²) in [6, 6.07) is 6.94. The molecular weight excluding hydrogens is 305 g/mol. The van der Waals surface area contributed by atoms with E-state index in [2.05, 4.69) is 0 Å². The lowest BCUT2D eigenvalue weighted by Gasteiger charge is -2.25. The van der Waals surface area contributed by atoms with Gasteiger partial charge in [0.05, 0.1) is 0 Å². The van der Waals surface area contributed by atoms with Crippen LogP contribution in [0.25, 0.3) is 0 Å². The second kappa shape index (κ2) is 7.64. The van der Waals surface area contributed by atoms with Crippen LogP contribution in [0.3, 0.4) is 0 Å². The summed E-state index contributed by atoms with van der Waals surface area (Å²) in [5, 5.41) is 10.4. The Morgan fingerprint density at radius 3 is 2.41 bits per heavy atom. The van der Waals surface area contributed by atoms with E-state index in [0.29, 0.717) is 5.56 Å². The molecule has 0 heterocycles. The predicted molar refractivity (Wildman–Crippen MR) is 69.6 cm³/mol. The number of rotatable bonds is 6. The van der Waals surface area contributed by atoms with Crippen LogP contribution in [-0.4, -0.2) is 40.9 Å². The number of carboxylic acid groups (broad SMARTS) is 1. The second-order valence-corrected chi connectivity index (χ2v) is 4.42. The topological polar surface area (TPSA) is 78.9 Å². The third-order valence-electron chi connectivity index (χ3n) is 2.51. The van der Waals surface area contributed by atoms with Gasteiger partial charge in [0.15, 0.2) is 0 Å². The molecule has 0 unspecified atom stereocenters. The van der Waals surface area contributed by atoms with Crippen LogP contribution < -0.4 is 5.32 Å². The fourth-order valence-electron chi connectivity index (χ4n) is 1.54. The molecule has 9 heteroatoms. The molecule has 0 fully saturated rings. The predicted octanol–water partition coefficient (Wildman–Crippen LogP) is 2.17. The number of halogens is 3. The van der Waals surface area contributed by atoms with Crippen molar-refractivity contribution in [2.45, 2.75) is 25.7 Å². The molecule has 0 aliphatic heterocycles. The average Bonchev–Trinajstić information content (AvgIpc) is 2.41. The van der Waals surface area contributed by atoms with Crippen LogP contribution in [0.2, 0.25) is 0 Å². The molecule has 2 N–H and O–H groups in total. The molecule has 122 valence electrons. The van der Waals surface area contributed by atoms with Gasteiger partial charge < -0.3 is 10.4 Å². The highest BCUT2D eigenvalue weighted by Crippen LogP contribution is 2.18. The molecule has 0 saturated carbocycles. The highest BCUT2D eigenvalue weighted by molar-refractivity contribution is 5.84. The number of hydrogen-bond donors (Lipinski definition) is 2. The van der Waals surface area contributed by atoms with E-state index in [9.17, 15) is 22.8 Å². The summed E-state index contributed by atoms with van der Waals surface area (Å²) < 4.78 is 37.5. The molecule has 0 aliphatic carbocycles. The number of alkyl halides is 3. The SMILES string of the molecule is C[C@@H](NC(=O)O)C(=O)N(CC(F)(F)F)OCc1ccccc1. The molecule has 1 atom stereocenters. The maximum absolute atomic E-state index is 12.5. The average molecular weight is 320 g/mol. The van der Waals surface area contributed by atoms with Crippen LogP contribution in [0.1, 0.15) is 12.5 Å². The number of carbonyl (C=O) groups excluding carboxylic acids is 1. The first-order valence-electron chi connectivity index (χ1n) is 6.23.